The van der Waals surface area contributed by atoms with Crippen LogP contribution in [0.1, 0.15) is 23.0 Å². The van der Waals surface area contributed by atoms with Gasteiger partial charge in [0.05, 0.1) is 20.8 Å². The summed E-state index contributed by atoms with van der Waals surface area (Å²) in [6, 6.07) is 12.0. The average Bonchev–Trinajstić information content (AvgIpc) is 3.12. The Balaban J connectivity index is 2.02. The molecule has 0 saturated heterocycles. The standard InChI is InChI=1S/C17H20N4OS/c1-4-11-21-13-8-6-5-7-12(13)18-16(21)14-9-10-15(23-14)17(22)19-20(2)3/h5-10H,4,11H2,1-3H3,(H,19,22). The molecule has 0 aliphatic carbocycles. The van der Waals surface area contributed by atoms with E-state index in [0.717, 1.165) is 34.7 Å². The first-order valence-electron chi connectivity index (χ1n) is 7.64. The van der Waals surface area contributed by atoms with Crippen LogP contribution in [-0.4, -0.2) is 34.6 Å². The molecule has 0 aliphatic rings. The second kappa shape index (κ2) is 6.52. The average molecular weight is 328 g/mol. The molecular formula is C17H20N4OS. The van der Waals surface area contributed by atoms with Gasteiger partial charge in [0, 0.05) is 20.6 Å². The lowest BCUT2D eigenvalue weighted by atomic mass is 10.3. The SMILES string of the molecule is CCCn1c(-c2ccc(C(=O)NN(C)C)s2)nc2ccccc21. The van der Waals surface area contributed by atoms with E-state index >= 15 is 0 Å². The Morgan fingerprint density at radius 1 is 1.26 bits per heavy atom. The van der Waals surface area contributed by atoms with E-state index in [1.54, 1.807) is 19.1 Å². The lowest BCUT2D eigenvalue weighted by Crippen LogP contribution is -2.35. The predicted molar refractivity (Wildman–Crippen MR) is 94.5 cm³/mol. The number of nitrogens with one attached hydrogen (secondary N) is 1. The number of carbonyl (C=O) groups excluding carboxylic acids is 1. The molecular weight excluding hydrogens is 308 g/mol. The highest BCUT2D eigenvalue weighted by atomic mass is 32.1. The van der Waals surface area contributed by atoms with Gasteiger partial charge in [-0.25, -0.2) is 9.99 Å². The zero-order valence-electron chi connectivity index (χ0n) is 13.5. The number of amides is 1. The summed E-state index contributed by atoms with van der Waals surface area (Å²) in [5.41, 5.74) is 4.89. The number of fused-ring (bicyclic) bond motifs is 1. The van der Waals surface area contributed by atoms with Gasteiger partial charge in [-0.15, -0.1) is 11.3 Å². The molecule has 1 amide bonds. The number of hydrogen-bond acceptors (Lipinski definition) is 4. The molecule has 0 saturated carbocycles. The molecule has 2 aromatic heterocycles. The quantitative estimate of drug-likeness (QED) is 0.731. The van der Waals surface area contributed by atoms with Crippen molar-refractivity contribution in [2.75, 3.05) is 14.1 Å². The summed E-state index contributed by atoms with van der Waals surface area (Å²) < 4.78 is 2.23. The third-order valence-corrected chi connectivity index (χ3v) is 4.56. The Morgan fingerprint density at radius 3 is 2.78 bits per heavy atom. The number of para-hydroxylation sites is 2. The molecule has 0 unspecified atom stereocenters. The summed E-state index contributed by atoms with van der Waals surface area (Å²) in [7, 11) is 3.60. The molecule has 6 heteroatoms. The second-order valence-corrected chi connectivity index (χ2v) is 6.66. The van der Waals surface area contributed by atoms with Crippen molar-refractivity contribution in [1.82, 2.24) is 20.0 Å². The van der Waals surface area contributed by atoms with Crippen molar-refractivity contribution in [3.05, 3.63) is 41.3 Å². The largest absolute Gasteiger partial charge is 0.323 e. The number of hydrogen-bond donors (Lipinski definition) is 1. The van der Waals surface area contributed by atoms with Crippen LogP contribution in [0.4, 0.5) is 0 Å². The lowest BCUT2D eigenvalue weighted by molar-refractivity contribution is 0.0861. The van der Waals surface area contributed by atoms with Crippen LogP contribution in [0.25, 0.3) is 21.7 Å². The van der Waals surface area contributed by atoms with Crippen LogP contribution in [-0.2, 0) is 6.54 Å². The van der Waals surface area contributed by atoms with Crippen LogP contribution in [0.5, 0.6) is 0 Å². The van der Waals surface area contributed by atoms with Gasteiger partial charge in [0.1, 0.15) is 0 Å². The molecule has 1 N–H and O–H groups in total. The van der Waals surface area contributed by atoms with Crippen molar-refractivity contribution in [2.45, 2.75) is 19.9 Å². The van der Waals surface area contributed by atoms with E-state index in [9.17, 15) is 4.79 Å². The number of imidazole rings is 1. The number of benzene rings is 1. The van der Waals surface area contributed by atoms with Crippen LogP contribution >= 0.6 is 11.3 Å². The maximum absolute atomic E-state index is 12.1. The van der Waals surface area contributed by atoms with E-state index in [1.165, 1.54) is 11.3 Å². The number of thiophene rings is 1. The fraction of sp³-hybridized carbons (Fsp3) is 0.294. The van der Waals surface area contributed by atoms with Gasteiger partial charge >= 0.3 is 0 Å². The van der Waals surface area contributed by atoms with Crippen LogP contribution in [0.15, 0.2) is 36.4 Å². The fourth-order valence-electron chi connectivity index (χ4n) is 2.55. The molecule has 2 heterocycles. The smallest absolute Gasteiger partial charge is 0.275 e. The molecule has 23 heavy (non-hydrogen) atoms. The van der Waals surface area contributed by atoms with Crippen molar-refractivity contribution in [2.24, 2.45) is 0 Å². The van der Waals surface area contributed by atoms with Crippen LogP contribution in [0.2, 0.25) is 0 Å². The van der Waals surface area contributed by atoms with Gasteiger partial charge in [0.15, 0.2) is 5.82 Å². The van der Waals surface area contributed by atoms with Crippen molar-refractivity contribution in [1.29, 1.82) is 0 Å². The van der Waals surface area contributed by atoms with Crippen LogP contribution in [0.3, 0.4) is 0 Å². The van der Waals surface area contributed by atoms with E-state index in [1.807, 2.05) is 30.3 Å². The molecule has 0 fully saturated rings. The zero-order valence-corrected chi connectivity index (χ0v) is 14.4. The van der Waals surface area contributed by atoms with E-state index in [2.05, 4.69) is 23.0 Å². The first kappa shape index (κ1) is 15.7. The van der Waals surface area contributed by atoms with Crippen molar-refractivity contribution < 1.29 is 4.79 Å². The molecule has 3 rings (SSSR count). The van der Waals surface area contributed by atoms with Gasteiger partial charge in [-0.2, -0.15) is 0 Å². The first-order valence-corrected chi connectivity index (χ1v) is 8.45. The monoisotopic (exact) mass is 328 g/mol. The lowest BCUT2D eigenvalue weighted by Gasteiger charge is -2.10. The molecule has 3 aromatic rings. The summed E-state index contributed by atoms with van der Waals surface area (Å²) in [6.07, 6.45) is 1.03. The highest BCUT2D eigenvalue weighted by molar-refractivity contribution is 7.17. The van der Waals surface area contributed by atoms with Crippen LogP contribution in [0, 0.1) is 0 Å². The Bertz CT molecular complexity index is 834. The van der Waals surface area contributed by atoms with Crippen molar-refractivity contribution in [3.63, 3.8) is 0 Å². The van der Waals surface area contributed by atoms with E-state index in [4.69, 9.17) is 4.98 Å². The highest BCUT2D eigenvalue weighted by Gasteiger charge is 2.16. The van der Waals surface area contributed by atoms with E-state index < -0.39 is 0 Å². The van der Waals surface area contributed by atoms with Gasteiger partial charge in [0.25, 0.3) is 5.91 Å². The third kappa shape index (κ3) is 3.13. The molecule has 0 bridgehead atoms. The Morgan fingerprint density at radius 2 is 2.04 bits per heavy atom. The third-order valence-electron chi connectivity index (χ3n) is 3.48. The minimum atomic E-state index is -0.0931. The minimum Gasteiger partial charge on any atom is -0.323 e. The Labute approximate surface area is 139 Å². The number of aromatic nitrogens is 2. The molecule has 5 nitrogen and oxygen atoms in total. The topological polar surface area (TPSA) is 50.2 Å². The molecule has 120 valence electrons. The van der Waals surface area contributed by atoms with Crippen molar-refractivity contribution in [3.8, 4) is 10.7 Å². The first-order chi connectivity index (χ1) is 11.1. The van der Waals surface area contributed by atoms with Crippen molar-refractivity contribution >= 4 is 28.3 Å². The highest BCUT2D eigenvalue weighted by Crippen LogP contribution is 2.30. The number of aryl methyl sites for hydroxylation is 1. The summed E-state index contributed by atoms with van der Waals surface area (Å²) in [6.45, 7) is 3.07. The van der Waals surface area contributed by atoms with Gasteiger partial charge in [-0.05, 0) is 30.7 Å². The minimum absolute atomic E-state index is 0.0931. The number of carbonyl (C=O) groups is 1. The molecule has 0 atom stereocenters. The number of rotatable bonds is 5. The molecule has 0 aliphatic heterocycles. The normalized spacial score (nSPS) is 11.3. The van der Waals surface area contributed by atoms with Gasteiger partial charge in [-0.1, -0.05) is 19.1 Å². The second-order valence-electron chi connectivity index (χ2n) is 5.58. The summed E-state index contributed by atoms with van der Waals surface area (Å²) in [5, 5.41) is 1.65. The Kier molecular flexibility index (Phi) is 4.45. The fourth-order valence-corrected chi connectivity index (χ4v) is 3.45. The maximum atomic E-state index is 12.1. The van der Waals surface area contributed by atoms with Gasteiger partial charge in [-0.3, -0.25) is 10.2 Å². The number of nitrogens with zero attached hydrogens (tertiary/aromatic N) is 3. The van der Waals surface area contributed by atoms with Gasteiger partial charge < -0.3 is 4.57 Å². The Hall–Kier alpha value is -2.18. The van der Waals surface area contributed by atoms with E-state index in [0.29, 0.717) is 4.88 Å². The molecule has 0 radical (unpaired) electrons. The van der Waals surface area contributed by atoms with Crippen LogP contribution < -0.4 is 5.43 Å². The summed E-state index contributed by atoms with van der Waals surface area (Å²) in [4.78, 5) is 18.6. The molecule has 0 spiro atoms. The molecule has 1 aromatic carbocycles. The summed E-state index contributed by atoms with van der Waals surface area (Å²) >= 11 is 1.47. The van der Waals surface area contributed by atoms with E-state index in [-0.39, 0.29) is 5.91 Å². The number of hydrazine groups is 1. The maximum Gasteiger partial charge on any atom is 0.275 e. The summed E-state index contributed by atoms with van der Waals surface area (Å²) in [5.74, 6) is 0.839. The predicted octanol–water partition coefficient (Wildman–Crippen LogP) is 3.38. The zero-order chi connectivity index (χ0) is 16.4. The van der Waals surface area contributed by atoms with Gasteiger partial charge in [0.2, 0.25) is 0 Å².